The number of aryl methyl sites for hydroxylation is 1. The smallest absolute Gasteiger partial charge is 0.422 e. The van der Waals surface area contributed by atoms with Crippen molar-refractivity contribution < 1.29 is 17.9 Å². The monoisotopic (exact) mass is 232 g/mol. The molecule has 0 N–H and O–H groups in total. The number of nitrogens with zero attached hydrogens (tertiary/aromatic N) is 2. The van der Waals surface area contributed by atoms with E-state index in [0.717, 1.165) is 12.8 Å². The Hall–Kier alpha value is -1.33. The molecule has 0 bridgehead atoms. The molecule has 0 aliphatic heterocycles. The molecule has 0 amide bonds. The van der Waals surface area contributed by atoms with Crippen molar-refractivity contribution >= 4 is 0 Å². The second-order valence-electron chi connectivity index (χ2n) is 3.89. The normalized spacial score (nSPS) is 16.2. The second kappa shape index (κ2) is 3.92. The van der Waals surface area contributed by atoms with Crippen LogP contribution in [0.25, 0.3) is 0 Å². The van der Waals surface area contributed by atoms with Gasteiger partial charge in [-0.2, -0.15) is 18.2 Å². The third-order valence-electron chi connectivity index (χ3n) is 2.26. The summed E-state index contributed by atoms with van der Waals surface area (Å²) in [5.74, 6) is 0.922. The first-order chi connectivity index (χ1) is 7.46. The minimum absolute atomic E-state index is 0.0363. The van der Waals surface area contributed by atoms with E-state index in [0.29, 0.717) is 17.3 Å². The van der Waals surface area contributed by atoms with E-state index in [1.165, 1.54) is 6.20 Å². The highest BCUT2D eigenvalue weighted by Gasteiger charge is 2.30. The minimum Gasteiger partial charge on any atom is -0.468 e. The van der Waals surface area contributed by atoms with Crippen molar-refractivity contribution in [3.8, 4) is 5.88 Å². The molecule has 16 heavy (non-hydrogen) atoms. The van der Waals surface area contributed by atoms with E-state index in [4.69, 9.17) is 0 Å². The zero-order valence-electron chi connectivity index (χ0n) is 8.71. The molecule has 0 saturated heterocycles. The first kappa shape index (κ1) is 11.2. The fourth-order valence-corrected chi connectivity index (χ4v) is 1.27. The largest absolute Gasteiger partial charge is 0.468 e. The Balaban J connectivity index is 2.09. The highest BCUT2D eigenvalue weighted by molar-refractivity contribution is 5.23. The molecule has 0 spiro atoms. The number of hydrogen-bond donors (Lipinski definition) is 0. The van der Waals surface area contributed by atoms with E-state index in [1.807, 2.05) is 0 Å². The predicted molar refractivity (Wildman–Crippen MR) is 50.3 cm³/mol. The summed E-state index contributed by atoms with van der Waals surface area (Å²) in [6.07, 6.45) is -0.826. The van der Waals surface area contributed by atoms with E-state index in [9.17, 15) is 13.2 Å². The van der Waals surface area contributed by atoms with Crippen molar-refractivity contribution in [1.29, 1.82) is 0 Å². The average molecular weight is 232 g/mol. The second-order valence-corrected chi connectivity index (χ2v) is 3.89. The molecular weight excluding hydrogens is 221 g/mol. The van der Waals surface area contributed by atoms with Crippen LogP contribution in [0.15, 0.2) is 6.20 Å². The molecule has 6 heteroatoms. The molecule has 0 atom stereocenters. The molecule has 3 nitrogen and oxygen atoms in total. The number of halogens is 3. The molecule has 1 fully saturated rings. The van der Waals surface area contributed by atoms with Gasteiger partial charge in [-0.15, -0.1) is 0 Å². The molecule has 1 aromatic rings. The van der Waals surface area contributed by atoms with Gasteiger partial charge in [-0.3, -0.25) is 0 Å². The highest BCUT2D eigenvalue weighted by atomic mass is 19.4. The quantitative estimate of drug-likeness (QED) is 0.803. The molecule has 88 valence electrons. The van der Waals surface area contributed by atoms with Gasteiger partial charge in [-0.05, 0) is 19.8 Å². The minimum atomic E-state index is -4.34. The van der Waals surface area contributed by atoms with Crippen molar-refractivity contribution in [3.05, 3.63) is 17.6 Å². The molecule has 1 aromatic heterocycles. The zero-order chi connectivity index (χ0) is 11.8. The van der Waals surface area contributed by atoms with Gasteiger partial charge in [0.15, 0.2) is 6.61 Å². The van der Waals surface area contributed by atoms with E-state index in [-0.39, 0.29) is 5.88 Å². The van der Waals surface area contributed by atoms with E-state index in [1.54, 1.807) is 6.92 Å². The van der Waals surface area contributed by atoms with Gasteiger partial charge in [0.1, 0.15) is 5.82 Å². The first-order valence-corrected chi connectivity index (χ1v) is 4.99. The van der Waals surface area contributed by atoms with Crippen LogP contribution in [0.4, 0.5) is 13.2 Å². The van der Waals surface area contributed by atoms with Crippen LogP contribution in [0, 0.1) is 6.92 Å². The van der Waals surface area contributed by atoms with Gasteiger partial charge in [0.25, 0.3) is 0 Å². The van der Waals surface area contributed by atoms with Crippen LogP contribution in [0.1, 0.15) is 30.1 Å². The summed E-state index contributed by atoms with van der Waals surface area (Å²) in [7, 11) is 0. The molecule has 1 saturated carbocycles. The highest BCUT2D eigenvalue weighted by Crippen LogP contribution is 2.38. The predicted octanol–water partition coefficient (Wildman–Crippen LogP) is 2.60. The fourth-order valence-electron chi connectivity index (χ4n) is 1.27. The van der Waals surface area contributed by atoms with Crippen LogP contribution in [-0.4, -0.2) is 22.8 Å². The number of hydrogen-bond acceptors (Lipinski definition) is 3. The fraction of sp³-hybridized carbons (Fsp3) is 0.600. The van der Waals surface area contributed by atoms with Gasteiger partial charge >= 0.3 is 6.18 Å². The summed E-state index contributed by atoms with van der Waals surface area (Å²) in [6.45, 7) is 0.317. The summed E-state index contributed by atoms with van der Waals surface area (Å²) in [5, 5.41) is 0. The van der Waals surface area contributed by atoms with Crippen molar-refractivity contribution in [2.75, 3.05) is 6.61 Å². The number of ether oxygens (including phenoxy) is 1. The van der Waals surface area contributed by atoms with Crippen LogP contribution >= 0.6 is 0 Å². The van der Waals surface area contributed by atoms with Crippen LogP contribution in [0.5, 0.6) is 5.88 Å². The molecular formula is C10H11F3N2O. The number of alkyl halides is 3. The third kappa shape index (κ3) is 2.84. The van der Waals surface area contributed by atoms with E-state index < -0.39 is 12.8 Å². The lowest BCUT2D eigenvalue weighted by atomic mass is 10.3. The Morgan fingerprint density at radius 1 is 1.44 bits per heavy atom. The molecule has 1 aliphatic carbocycles. The summed E-state index contributed by atoms with van der Waals surface area (Å²) >= 11 is 0. The third-order valence-corrected chi connectivity index (χ3v) is 2.26. The Kier molecular flexibility index (Phi) is 2.73. The molecule has 2 rings (SSSR count). The topological polar surface area (TPSA) is 35.0 Å². The van der Waals surface area contributed by atoms with Gasteiger partial charge in [-0.1, -0.05) is 0 Å². The lowest BCUT2D eigenvalue weighted by molar-refractivity contribution is -0.154. The number of aromatic nitrogens is 2. The Morgan fingerprint density at radius 3 is 2.69 bits per heavy atom. The first-order valence-electron chi connectivity index (χ1n) is 4.99. The Labute approximate surface area is 90.7 Å². The molecule has 0 unspecified atom stereocenters. The van der Waals surface area contributed by atoms with Gasteiger partial charge in [0, 0.05) is 17.7 Å². The average Bonchev–Trinajstić information content (AvgIpc) is 2.98. The van der Waals surface area contributed by atoms with Crippen molar-refractivity contribution in [2.24, 2.45) is 0 Å². The van der Waals surface area contributed by atoms with Crippen LogP contribution in [0.2, 0.25) is 0 Å². The summed E-state index contributed by atoms with van der Waals surface area (Å²) in [4.78, 5) is 8.08. The van der Waals surface area contributed by atoms with Crippen LogP contribution in [-0.2, 0) is 0 Å². The SMILES string of the molecule is Cc1cnc(C2CC2)nc1OCC(F)(F)F. The molecule has 1 heterocycles. The van der Waals surface area contributed by atoms with Gasteiger partial charge in [-0.25, -0.2) is 4.98 Å². The summed E-state index contributed by atoms with van der Waals surface area (Å²) < 4.78 is 40.6. The molecule has 1 aliphatic rings. The maximum atomic E-state index is 12.0. The van der Waals surface area contributed by atoms with E-state index in [2.05, 4.69) is 14.7 Å². The van der Waals surface area contributed by atoms with Gasteiger partial charge < -0.3 is 4.74 Å². The molecule has 0 aromatic carbocycles. The van der Waals surface area contributed by atoms with Gasteiger partial charge in [0.2, 0.25) is 5.88 Å². The van der Waals surface area contributed by atoms with Crippen molar-refractivity contribution in [1.82, 2.24) is 9.97 Å². The van der Waals surface area contributed by atoms with Crippen LogP contribution < -0.4 is 4.74 Å². The standard InChI is InChI=1S/C10H11F3N2O/c1-6-4-14-8(7-2-3-7)15-9(6)16-5-10(11,12)13/h4,7H,2-3,5H2,1H3. The van der Waals surface area contributed by atoms with Crippen molar-refractivity contribution in [2.45, 2.75) is 31.9 Å². The summed E-state index contributed by atoms with van der Waals surface area (Å²) in [6, 6.07) is 0. The van der Waals surface area contributed by atoms with E-state index >= 15 is 0 Å². The molecule has 0 radical (unpaired) electrons. The Morgan fingerprint density at radius 2 is 2.12 bits per heavy atom. The van der Waals surface area contributed by atoms with Crippen molar-refractivity contribution in [3.63, 3.8) is 0 Å². The van der Waals surface area contributed by atoms with Gasteiger partial charge in [0.05, 0.1) is 0 Å². The zero-order valence-corrected chi connectivity index (χ0v) is 8.71. The maximum absolute atomic E-state index is 12.0. The lowest BCUT2D eigenvalue weighted by Gasteiger charge is -2.10. The maximum Gasteiger partial charge on any atom is 0.422 e. The summed E-state index contributed by atoms with van der Waals surface area (Å²) in [5.41, 5.74) is 0.522. The lowest BCUT2D eigenvalue weighted by Crippen LogP contribution is -2.20. The Bertz CT molecular complexity index is 388. The number of rotatable bonds is 3. The van der Waals surface area contributed by atoms with Crippen LogP contribution in [0.3, 0.4) is 0 Å².